The van der Waals surface area contributed by atoms with Crippen LogP contribution in [0.1, 0.15) is 30.4 Å². The first-order chi connectivity index (χ1) is 12.7. The van der Waals surface area contributed by atoms with Gasteiger partial charge in [-0.15, -0.1) is 0 Å². The number of carbonyl (C=O) groups is 1. The smallest absolute Gasteiger partial charge is 0.258 e. The van der Waals surface area contributed by atoms with Crippen molar-refractivity contribution in [3.63, 3.8) is 0 Å². The number of nitrogens with zero attached hydrogens (tertiary/aromatic N) is 1. The first kappa shape index (κ1) is 18.7. The molecule has 1 heterocycles. The number of carbonyl (C=O) groups excluding carboxylic acids is 1. The molecular weight excluding hydrogens is 348 g/mol. The summed E-state index contributed by atoms with van der Waals surface area (Å²) in [5.41, 5.74) is 2.41. The highest BCUT2D eigenvalue weighted by Crippen LogP contribution is 2.16. The van der Waals surface area contributed by atoms with Gasteiger partial charge in [0.25, 0.3) is 5.91 Å². The Labute approximate surface area is 160 Å². The monoisotopic (exact) mass is 372 g/mol. The van der Waals surface area contributed by atoms with Gasteiger partial charge in [0.05, 0.1) is 0 Å². The van der Waals surface area contributed by atoms with Crippen molar-refractivity contribution in [3.8, 4) is 5.75 Å². The highest BCUT2D eigenvalue weighted by atomic mass is 35.5. The van der Waals surface area contributed by atoms with Crippen LogP contribution >= 0.6 is 11.6 Å². The molecule has 1 saturated heterocycles. The van der Waals surface area contributed by atoms with Gasteiger partial charge in [0.1, 0.15) is 5.75 Å². The lowest BCUT2D eigenvalue weighted by atomic mass is 10.1. The predicted octanol–water partition coefficient (Wildman–Crippen LogP) is 4.02. The Morgan fingerprint density at radius 3 is 2.54 bits per heavy atom. The van der Waals surface area contributed by atoms with Gasteiger partial charge < -0.3 is 10.1 Å². The van der Waals surface area contributed by atoms with E-state index in [0.29, 0.717) is 17.3 Å². The van der Waals surface area contributed by atoms with E-state index in [1.165, 1.54) is 37.9 Å². The molecule has 1 aliphatic rings. The maximum Gasteiger partial charge on any atom is 0.258 e. The summed E-state index contributed by atoms with van der Waals surface area (Å²) in [5.74, 6) is 0.495. The number of rotatable bonds is 7. The summed E-state index contributed by atoms with van der Waals surface area (Å²) in [6.07, 6.45) is 3.94. The third-order valence-electron chi connectivity index (χ3n) is 4.52. The molecule has 0 aliphatic carbocycles. The number of nitrogens with one attached hydrogen (secondary N) is 1. The Hall–Kier alpha value is -2.04. The lowest BCUT2D eigenvalue weighted by Gasteiger charge is -2.26. The molecule has 5 heteroatoms. The van der Waals surface area contributed by atoms with E-state index >= 15 is 0 Å². The van der Waals surface area contributed by atoms with Gasteiger partial charge in [0.15, 0.2) is 6.61 Å². The summed E-state index contributed by atoms with van der Waals surface area (Å²) in [6, 6.07) is 15.4. The largest absolute Gasteiger partial charge is 0.484 e. The Bertz CT molecular complexity index is 712. The number of benzene rings is 2. The highest BCUT2D eigenvalue weighted by Gasteiger charge is 2.10. The molecule has 0 bridgehead atoms. The van der Waals surface area contributed by atoms with Crippen molar-refractivity contribution in [2.45, 2.75) is 32.4 Å². The average molecular weight is 373 g/mol. The van der Waals surface area contributed by atoms with Gasteiger partial charge in [0, 0.05) is 18.1 Å². The van der Waals surface area contributed by atoms with E-state index in [4.69, 9.17) is 16.3 Å². The molecule has 1 aliphatic heterocycles. The third kappa shape index (κ3) is 6.04. The van der Waals surface area contributed by atoms with Crippen molar-refractivity contribution in [1.29, 1.82) is 0 Å². The van der Waals surface area contributed by atoms with E-state index in [0.717, 1.165) is 12.1 Å². The number of piperidine rings is 1. The summed E-state index contributed by atoms with van der Waals surface area (Å²) in [7, 11) is 0. The summed E-state index contributed by atoms with van der Waals surface area (Å²) in [4.78, 5) is 14.5. The Morgan fingerprint density at radius 1 is 1.04 bits per heavy atom. The summed E-state index contributed by atoms with van der Waals surface area (Å²) in [6.45, 7) is 3.86. The second-order valence-electron chi connectivity index (χ2n) is 6.68. The normalized spacial score (nSPS) is 14.8. The number of likely N-dealkylation sites (tertiary alicyclic amines) is 1. The summed E-state index contributed by atoms with van der Waals surface area (Å²) in [5, 5.41) is 3.55. The molecule has 4 nitrogen and oxygen atoms in total. The number of amides is 1. The number of hydrogen-bond acceptors (Lipinski definition) is 3. The van der Waals surface area contributed by atoms with Crippen molar-refractivity contribution < 1.29 is 9.53 Å². The van der Waals surface area contributed by atoms with Crippen LogP contribution in [-0.2, 0) is 17.9 Å². The molecular formula is C21H25ClN2O2. The lowest BCUT2D eigenvalue weighted by Crippen LogP contribution is -2.29. The van der Waals surface area contributed by atoms with Crippen LogP contribution < -0.4 is 10.1 Å². The van der Waals surface area contributed by atoms with E-state index in [1.54, 1.807) is 24.3 Å². The molecule has 1 amide bonds. The standard InChI is InChI=1S/C21H25ClN2O2/c22-19-7-9-20(10-8-19)26-16-21(25)23-14-17-5-4-6-18(13-17)15-24-11-2-1-3-12-24/h4-10,13H,1-3,11-12,14-16H2,(H,23,25). The van der Waals surface area contributed by atoms with Gasteiger partial charge in [-0.25, -0.2) is 0 Å². The first-order valence-corrected chi connectivity index (χ1v) is 9.52. The van der Waals surface area contributed by atoms with Crippen molar-refractivity contribution in [3.05, 3.63) is 64.7 Å². The molecule has 0 saturated carbocycles. The fourth-order valence-corrected chi connectivity index (χ4v) is 3.27. The maximum atomic E-state index is 12.0. The molecule has 0 atom stereocenters. The zero-order valence-electron chi connectivity index (χ0n) is 14.9. The van der Waals surface area contributed by atoms with Gasteiger partial charge in [-0.1, -0.05) is 42.3 Å². The summed E-state index contributed by atoms with van der Waals surface area (Å²) >= 11 is 5.83. The van der Waals surface area contributed by atoms with Crippen molar-refractivity contribution in [2.75, 3.05) is 19.7 Å². The second kappa shape index (κ2) is 9.60. The molecule has 2 aromatic rings. The second-order valence-corrected chi connectivity index (χ2v) is 7.11. The van der Waals surface area contributed by atoms with Crippen LogP contribution in [-0.4, -0.2) is 30.5 Å². The quantitative estimate of drug-likeness (QED) is 0.798. The molecule has 0 aromatic heterocycles. The number of hydrogen-bond donors (Lipinski definition) is 1. The van der Waals surface area contributed by atoms with Gasteiger partial charge >= 0.3 is 0 Å². The van der Waals surface area contributed by atoms with Crippen LogP contribution in [0.2, 0.25) is 5.02 Å². The Morgan fingerprint density at radius 2 is 1.77 bits per heavy atom. The predicted molar refractivity (Wildman–Crippen MR) is 104 cm³/mol. The van der Waals surface area contributed by atoms with Gasteiger partial charge in [-0.3, -0.25) is 9.69 Å². The SMILES string of the molecule is O=C(COc1ccc(Cl)cc1)NCc1cccc(CN2CCCCC2)c1. The fourth-order valence-electron chi connectivity index (χ4n) is 3.15. The molecule has 1 N–H and O–H groups in total. The minimum atomic E-state index is -0.138. The lowest BCUT2D eigenvalue weighted by molar-refractivity contribution is -0.123. The molecule has 138 valence electrons. The highest BCUT2D eigenvalue weighted by molar-refractivity contribution is 6.30. The van der Waals surface area contributed by atoms with E-state index < -0.39 is 0 Å². The minimum absolute atomic E-state index is 0.00486. The number of halogens is 1. The van der Waals surface area contributed by atoms with E-state index in [9.17, 15) is 4.79 Å². The van der Waals surface area contributed by atoms with Crippen LogP contribution in [0.15, 0.2) is 48.5 Å². The van der Waals surface area contributed by atoms with Crippen LogP contribution in [0, 0.1) is 0 Å². The summed E-state index contributed by atoms with van der Waals surface area (Å²) < 4.78 is 5.46. The molecule has 0 unspecified atom stereocenters. The third-order valence-corrected chi connectivity index (χ3v) is 4.77. The fraction of sp³-hybridized carbons (Fsp3) is 0.381. The topological polar surface area (TPSA) is 41.6 Å². The zero-order valence-corrected chi connectivity index (χ0v) is 15.7. The van der Waals surface area contributed by atoms with Crippen LogP contribution in [0.5, 0.6) is 5.75 Å². The Balaban J connectivity index is 1.44. The van der Waals surface area contributed by atoms with Gasteiger partial charge in [0.2, 0.25) is 0 Å². The van der Waals surface area contributed by atoms with Crippen LogP contribution in [0.3, 0.4) is 0 Å². The molecule has 26 heavy (non-hydrogen) atoms. The van der Waals surface area contributed by atoms with E-state index in [2.05, 4.69) is 28.4 Å². The van der Waals surface area contributed by atoms with E-state index in [1.807, 2.05) is 6.07 Å². The van der Waals surface area contributed by atoms with Crippen molar-refractivity contribution in [2.24, 2.45) is 0 Å². The number of ether oxygens (including phenoxy) is 1. The molecule has 0 spiro atoms. The zero-order chi connectivity index (χ0) is 18.2. The van der Waals surface area contributed by atoms with Crippen LogP contribution in [0.25, 0.3) is 0 Å². The average Bonchev–Trinajstić information content (AvgIpc) is 2.67. The molecule has 3 rings (SSSR count). The van der Waals surface area contributed by atoms with Crippen molar-refractivity contribution in [1.82, 2.24) is 10.2 Å². The van der Waals surface area contributed by atoms with Crippen LogP contribution in [0.4, 0.5) is 0 Å². The minimum Gasteiger partial charge on any atom is -0.484 e. The molecule has 2 aromatic carbocycles. The first-order valence-electron chi connectivity index (χ1n) is 9.14. The molecule has 1 fully saturated rings. The van der Waals surface area contributed by atoms with Gasteiger partial charge in [-0.05, 0) is 61.3 Å². The van der Waals surface area contributed by atoms with E-state index in [-0.39, 0.29) is 12.5 Å². The molecule has 0 radical (unpaired) electrons. The van der Waals surface area contributed by atoms with Crippen molar-refractivity contribution >= 4 is 17.5 Å². The van der Waals surface area contributed by atoms with Gasteiger partial charge in [-0.2, -0.15) is 0 Å². The Kier molecular flexibility index (Phi) is 6.92. The maximum absolute atomic E-state index is 12.0.